The van der Waals surface area contributed by atoms with Crippen LogP contribution in [0.15, 0.2) is 24.3 Å². The number of anilines is 1. The number of benzene rings is 1. The zero-order valence-electron chi connectivity index (χ0n) is 11.3. The number of nitrogens with two attached hydrogens (primary N) is 1. The molecule has 4 N–H and O–H groups in total. The van der Waals surface area contributed by atoms with E-state index >= 15 is 0 Å². The van der Waals surface area contributed by atoms with Crippen LogP contribution < -0.4 is 20.7 Å². The zero-order valence-corrected chi connectivity index (χ0v) is 11.3. The summed E-state index contributed by atoms with van der Waals surface area (Å²) in [6.07, 6.45) is 0. The van der Waals surface area contributed by atoms with Crippen LogP contribution in [0.2, 0.25) is 0 Å². The quantitative estimate of drug-likeness (QED) is 0.559. The van der Waals surface area contributed by atoms with Crippen molar-refractivity contribution in [3.05, 3.63) is 35.5 Å². The molecule has 0 aliphatic carbocycles. The molecule has 0 amide bonds. The first kappa shape index (κ1) is 14.0. The molecule has 7 heteroatoms. The number of nitrogens with one attached hydrogen (secondary N) is 1. The first-order valence-corrected chi connectivity index (χ1v) is 5.94. The summed E-state index contributed by atoms with van der Waals surface area (Å²) in [4.78, 5) is 8.16. The Morgan fingerprint density at radius 3 is 2.70 bits per heavy atom. The van der Waals surface area contributed by atoms with Crippen LogP contribution in [0, 0.1) is 6.92 Å². The van der Waals surface area contributed by atoms with Crippen LogP contribution in [0.3, 0.4) is 0 Å². The van der Waals surface area contributed by atoms with E-state index in [4.69, 9.17) is 20.4 Å². The Kier molecular flexibility index (Phi) is 4.34. The largest absolute Gasteiger partial charge is 0.493 e. The van der Waals surface area contributed by atoms with E-state index in [9.17, 15) is 0 Å². The first-order valence-electron chi connectivity index (χ1n) is 5.94. The Labute approximate surface area is 116 Å². The van der Waals surface area contributed by atoms with Gasteiger partial charge in [-0.05, 0) is 24.6 Å². The maximum atomic E-state index is 9.10. The van der Waals surface area contributed by atoms with E-state index in [0.29, 0.717) is 23.1 Å². The molecule has 1 heterocycles. The van der Waals surface area contributed by atoms with Gasteiger partial charge >= 0.3 is 0 Å². The van der Waals surface area contributed by atoms with Gasteiger partial charge in [-0.3, -0.25) is 5.43 Å². The molecule has 0 atom stereocenters. The van der Waals surface area contributed by atoms with Crippen molar-refractivity contribution in [3.8, 4) is 17.4 Å². The zero-order chi connectivity index (χ0) is 14.5. The van der Waals surface area contributed by atoms with Crippen LogP contribution in [0.1, 0.15) is 11.3 Å². The number of aliphatic hydroxyl groups excluding tert-OH is 1. The Morgan fingerprint density at radius 1 is 1.25 bits per heavy atom. The number of hydrazine groups is 1. The van der Waals surface area contributed by atoms with E-state index in [1.807, 2.05) is 6.92 Å². The second-order valence-electron chi connectivity index (χ2n) is 4.06. The third-order valence-electron chi connectivity index (χ3n) is 2.58. The summed E-state index contributed by atoms with van der Waals surface area (Å²) in [7, 11) is 1.53. The summed E-state index contributed by atoms with van der Waals surface area (Å²) in [5.74, 6) is 6.91. The standard InChI is InChI=1S/C13H16N4O3/c1-8-5-12(16-13(15-8)17-14)20-10-4-3-9(7-18)6-11(10)19-2/h3-6,18H,7,14H2,1-2H3,(H,15,16,17). The van der Waals surface area contributed by atoms with Gasteiger partial charge in [-0.15, -0.1) is 0 Å². The van der Waals surface area contributed by atoms with Gasteiger partial charge in [0.05, 0.1) is 13.7 Å². The van der Waals surface area contributed by atoms with Crippen molar-refractivity contribution in [1.29, 1.82) is 0 Å². The van der Waals surface area contributed by atoms with E-state index in [1.165, 1.54) is 7.11 Å². The molecule has 0 bridgehead atoms. The molecule has 2 rings (SSSR count). The fraction of sp³-hybridized carbons (Fsp3) is 0.231. The van der Waals surface area contributed by atoms with Gasteiger partial charge in [0.25, 0.3) is 0 Å². The monoisotopic (exact) mass is 276 g/mol. The van der Waals surface area contributed by atoms with Gasteiger partial charge in [0.2, 0.25) is 11.8 Å². The molecule has 20 heavy (non-hydrogen) atoms. The van der Waals surface area contributed by atoms with E-state index in [0.717, 1.165) is 5.56 Å². The summed E-state index contributed by atoms with van der Waals surface area (Å²) in [5, 5.41) is 9.10. The second-order valence-corrected chi connectivity index (χ2v) is 4.06. The number of aliphatic hydroxyl groups is 1. The highest BCUT2D eigenvalue weighted by Crippen LogP contribution is 2.32. The van der Waals surface area contributed by atoms with Crippen molar-refractivity contribution in [3.63, 3.8) is 0 Å². The molecule has 0 aliphatic heterocycles. The topological polar surface area (TPSA) is 103 Å². The number of nitrogen functional groups attached to an aromatic ring is 1. The predicted molar refractivity (Wildman–Crippen MR) is 73.6 cm³/mol. The molecule has 2 aromatic rings. The van der Waals surface area contributed by atoms with Crippen LogP contribution in [0.5, 0.6) is 17.4 Å². The van der Waals surface area contributed by atoms with Crippen molar-refractivity contribution in [2.75, 3.05) is 12.5 Å². The summed E-state index contributed by atoms with van der Waals surface area (Å²) < 4.78 is 10.9. The lowest BCUT2D eigenvalue weighted by Crippen LogP contribution is -2.11. The average Bonchev–Trinajstić information content (AvgIpc) is 2.47. The summed E-state index contributed by atoms with van der Waals surface area (Å²) in [6, 6.07) is 6.83. The van der Waals surface area contributed by atoms with Crippen molar-refractivity contribution in [1.82, 2.24) is 9.97 Å². The van der Waals surface area contributed by atoms with Gasteiger partial charge in [0, 0.05) is 11.8 Å². The molecule has 0 spiro atoms. The van der Waals surface area contributed by atoms with E-state index in [1.54, 1.807) is 24.3 Å². The molecule has 106 valence electrons. The maximum Gasteiger partial charge on any atom is 0.240 e. The minimum Gasteiger partial charge on any atom is -0.493 e. The van der Waals surface area contributed by atoms with Crippen LogP contribution in [0.25, 0.3) is 0 Å². The molecular formula is C13H16N4O3. The number of aryl methyl sites for hydroxylation is 1. The lowest BCUT2D eigenvalue weighted by molar-refractivity contribution is 0.280. The second kappa shape index (κ2) is 6.18. The van der Waals surface area contributed by atoms with Gasteiger partial charge < -0.3 is 14.6 Å². The molecule has 7 nitrogen and oxygen atoms in total. The van der Waals surface area contributed by atoms with Gasteiger partial charge in [-0.25, -0.2) is 10.8 Å². The van der Waals surface area contributed by atoms with Crippen LogP contribution >= 0.6 is 0 Å². The fourth-order valence-corrected chi connectivity index (χ4v) is 1.66. The molecule has 0 aliphatic rings. The Morgan fingerprint density at radius 2 is 2.05 bits per heavy atom. The lowest BCUT2D eigenvalue weighted by Gasteiger charge is -2.11. The first-order chi connectivity index (χ1) is 9.66. The van der Waals surface area contributed by atoms with Gasteiger partial charge in [0.15, 0.2) is 11.5 Å². The number of aromatic nitrogens is 2. The van der Waals surface area contributed by atoms with Crippen LogP contribution in [0.4, 0.5) is 5.95 Å². The normalized spacial score (nSPS) is 10.2. The molecule has 0 saturated heterocycles. The van der Waals surface area contributed by atoms with Crippen LogP contribution in [-0.4, -0.2) is 22.2 Å². The molecule has 0 radical (unpaired) electrons. The third-order valence-corrected chi connectivity index (χ3v) is 2.58. The van der Waals surface area contributed by atoms with E-state index in [-0.39, 0.29) is 12.6 Å². The molecule has 0 unspecified atom stereocenters. The highest BCUT2D eigenvalue weighted by Gasteiger charge is 2.09. The van der Waals surface area contributed by atoms with Gasteiger partial charge in [0.1, 0.15) is 0 Å². The van der Waals surface area contributed by atoms with Crippen molar-refractivity contribution >= 4 is 5.95 Å². The molecule has 1 aromatic heterocycles. The van der Waals surface area contributed by atoms with Crippen molar-refractivity contribution in [2.45, 2.75) is 13.5 Å². The number of hydrogen-bond donors (Lipinski definition) is 3. The summed E-state index contributed by atoms with van der Waals surface area (Å²) >= 11 is 0. The highest BCUT2D eigenvalue weighted by atomic mass is 16.5. The van der Waals surface area contributed by atoms with Crippen LogP contribution in [-0.2, 0) is 6.61 Å². The number of ether oxygens (including phenoxy) is 2. The third kappa shape index (κ3) is 3.14. The predicted octanol–water partition coefficient (Wildman–Crippen LogP) is 1.36. The Bertz CT molecular complexity index is 604. The highest BCUT2D eigenvalue weighted by molar-refractivity contribution is 5.45. The lowest BCUT2D eigenvalue weighted by atomic mass is 10.2. The van der Waals surface area contributed by atoms with Crippen molar-refractivity contribution < 1.29 is 14.6 Å². The van der Waals surface area contributed by atoms with Gasteiger partial charge in [-0.1, -0.05) is 6.07 Å². The average molecular weight is 276 g/mol. The Balaban J connectivity index is 2.31. The van der Waals surface area contributed by atoms with Crippen molar-refractivity contribution in [2.24, 2.45) is 5.84 Å². The molecule has 1 aromatic carbocycles. The van der Waals surface area contributed by atoms with Gasteiger partial charge in [-0.2, -0.15) is 4.98 Å². The number of rotatable bonds is 5. The SMILES string of the molecule is COc1cc(CO)ccc1Oc1cc(C)nc(NN)n1. The fourth-order valence-electron chi connectivity index (χ4n) is 1.66. The summed E-state index contributed by atoms with van der Waals surface area (Å²) in [5.41, 5.74) is 3.82. The Hall–Kier alpha value is -2.38. The smallest absolute Gasteiger partial charge is 0.240 e. The molecule has 0 fully saturated rings. The molecule has 0 saturated carbocycles. The van der Waals surface area contributed by atoms with E-state index < -0.39 is 0 Å². The molecular weight excluding hydrogens is 260 g/mol. The maximum absolute atomic E-state index is 9.10. The number of hydrogen-bond acceptors (Lipinski definition) is 7. The van der Waals surface area contributed by atoms with E-state index in [2.05, 4.69) is 15.4 Å². The summed E-state index contributed by atoms with van der Waals surface area (Å²) in [6.45, 7) is 1.74. The minimum atomic E-state index is -0.0650. The number of methoxy groups -OCH3 is 1. The minimum absolute atomic E-state index is 0.0650. The number of nitrogens with zero attached hydrogens (tertiary/aromatic N) is 2.